The molecule has 4 aromatic rings. The van der Waals surface area contributed by atoms with Crippen LogP contribution >= 0.6 is 0 Å². The zero-order valence-electron chi connectivity index (χ0n) is 25.5. The first-order valence-corrected chi connectivity index (χ1v) is 15.0. The van der Waals surface area contributed by atoms with Crippen LogP contribution in [0.25, 0.3) is 0 Å². The molecular formula is C38H42N2O3. The molecule has 0 saturated carbocycles. The number of ether oxygens (including phenoxy) is 1. The number of carbonyl (C=O) groups is 1. The van der Waals surface area contributed by atoms with Crippen LogP contribution in [0.3, 0.4) is 0 Å². The van der Waals surface area contributed by atoms with Gasteiger partial charge in [-0.15, -0.1) is 0 Å². The first-order chi connectivity index (χ1) is 20.8. The molecule has 5 heteroatoms. The maximum Gasteiger partial charge on any atom is 0.425 e. The molecule has 1 atom stereocenters. The summed E-state index contributed by atoms with van der Waals surface area (Å²) in [7, 11) is 0. The highest BCUT2D eigenvalue weighted by Gasteiger charge is 2.34. The van der Waals surface area contributed by atoms with Gasteiger partial charge >= 0.3 is 6.09 Å². The van der Waals surface area contributed by atoms with Gasteiger partial charge in [0.15, 0.2) is 0 Å². The highest BCUT2D eigenvalue weighted by Crippen LogP contribution is 2.26. The second-order valence-corrected chi connectivity index (χ2v) is 11.9. The third-order valence-corrected chi connectivity index (χ3v) is 7.15. The SMILES string of the molecule is CC(C)(C)OC(=O)N(C(CC(=C=O)CCc1ccccc1)Cc1ccccc1)N(Cc1ccccc1)Cc1ccccc1. The van der Waals surface area contributed by atoms with E-state index in [0.29, 0.717) is 37.9 Å². The van der Waals surface area contributed by atoms with Crippen molar-refractivity contribution in [3.8, 4) is 0 Å². The molecule has 0 fully saturated rings. The summed E-state index contributed by atoms with van der Waals surface area (Å²) in [5.41, 5.74) is 4.33. The van der Waals surface area contributed by atoms with E-state index < -0.39 is 11.7 Å². The lowest BCUT2D eigenvalue weighted by Gasteiger charge is -2.41. The Balaban J connectivity index is 1.74. The number of hydrogen-bond acceptors (Lipinski definition) is 4. The minimum atomic E-state index is -0.700. The summed E-state index contributed by atoms with van der Waals surface area (Å²) in [5, 5.41) is 3.82. The third kappa shape index (κ3) is 10.4. The van der Waals surface area contributed by atoms with Gasteiger partial charge in [-0.05, 0) is 62.3 Å². The summed E-state index contributed by atoms with van der Waals surface area (Å²) in [6.07, 6.45) is 1.79. The van der Waals surface area contributed by atoms with Crippen LogP contribution in [0.4, 0.5) is 4.79 Å². The van der Waals surface area contributed by atoms with E-state index in [0.717, 1.165) is 28.7 Å². The number of nitrogens with zero attached hydrogens (tertiary/aromatic N) is 2. The largest absolute Gasteiger partial charge is 0.443 e. The van der Waals surface area contributed by atoms with Crippen LogP contribution < -0.4 is 0 Å². The number of carbonyl (C=O) groups excluding carboxylic acids is 2. The standard InChI is InChI=1S/C38H42N2O3/c1-38(2,3)43-37(42)40(39(28-33-20-12-6-13-21-33)29-34-22-14-7-15-23-34)36(26-32-18-10-5-11-19-32)27-35(30-41)25-24-31-16-8-4-9-17-31/h4-23,36H,24-29H2,1-3H3. The molecule has 0 saturated heterocycles. The highest BCUT2D eigenvalue weighted by molar-refractivity contribution is 5.68. The van der Waals surface area contributed by atoms with Gasteiger partial charge in [0.2, 0.25) is 0 Å². The van der Waals surface area contributed by atoms with Crippen molar-refractivity contribution in [2.45, 2.75) is 71.2 Å². The van der Waals surface area contributed by atoms with Crippen molar-refractivity contribution in [1.29, 1.82) is 0 Å². The van der Waals surface area contributed by atoms with Gasteiger partial charge in [-0.1, -0.05) is 121 Å². The maximum absolute atomic E-state index is 14.2. The fourth-order valence-corrected chi connectivity index (χ4v) is 5.15. The zero-order valence-corrected chi connectivity index (χ0v) is 25.5. The minimum absolute atomic E-state index is 0.378. The number of hydrogen-bond donors (Lipinski definition) is 0. The first-order valence-electron chi connectivity index (χ1n) is 15.0. The average Bonchev–Trinajstić information content (AvgIpc) is 3.00. The van der Waals surface area contributed by atoms with Gasteiger partial charge in [-0.2, -0.15) is 0 Å². The molecule has 43 heavy (non-hydrogen) atoms. The van der Waals surface area contributed by atoms with Crippen molar-refractivity contribution in [3.63, 3.8) is 0 Å². The number of rotatable bonds is 13. The Morgan fingerprint density at radius 3 is 1.58 bits per heavy atom. The van der Waals surface area contributed by atoms with Crippen molar-refractivity contribution >= 4 is 12.0 Å². The van der Waals surface area contributed by atoms with Crippen molar-refractivity contribution in [1.82, 2.24) is 10.0 Å². The highest BCUT2D eigenvalue weighted by atomic mass is 16.6. The zero-order chi connectivity index (χ0) is 30.5. The molecule has 0 aliphatic carbocycles. The van der Waals surface area contributed by atoms with Crippen molar-refractivity contribution < 1.29 is 14.3 Å². The summed E-state index contributed by atoms with van der Waals surface area (Å²) in [6, 6.07) is 40.1. The lowest BCUT2D eigenvalue weighted by atomic mass is 9.95. The van der Waals surface area contributed by atoms with Gasteiger partial charge < -0.3 is 4.74 Å². The predicted octanol–water partition coefficient (Wildman–Crippen LogP) is 8.23. The van der Waals surface area contributed by atoms with Crippen molar-refractivity contribution in [2.24, 2.45) is 0 Å². The van der Waals surface area contributed by atoms with Gasteiger partial charge in [0.25, 0.3) is 0 Å². The summed E-state index contributed by atoms with van der Waals surface area (Å²) in [6.45, 7) is 6.62. The molecule has 0 aliphatic rings. The predicted molar refractivity (Wildman–Crippen MR) is 173 cm³/mol. The molecule has 4 rings (SSSR count). The summed E-state index contributed by atoms with van der Waals surface area (Å²) < 4.78 is 6.06. The molecule has 5 nitrogen and oxygen atoms in total. The van der Waals surface area contributed by atoms with Crippen LogP contribution in [0.5, 0.6) is 0 Å². The van der Waals surface area contributed by atoms with Crippen LogP contribution in [0.15, 0.2) is 127 Å². The summed E-state index contributed by atoms with van der Waals surface area (Å²) in [5.74, 6) is 2.24. The molecule has 222 valence electrons. The molecule has 4 aromatic carbocycles. The van der Waals surface area contributed by atoms with Crippen LogP contribution in [0, 0.1) is 0 Å². The molecule has 0 bridgehead atoms. The normalized spacial score (nSPS) is 11.9. The lowest BCUT2D eigenvalue weighted by molar-refractivity contribution is -0.0827. The van der Waals surface area contributed by atoms with E-state index in [1.165, 1.54) is 0 Å². The Kier molecular flexibility index (Phi) is 11.5. The fourth-order valence-electron chi connectivity index (χ4n) is 5.15. The molecule has 0 aromatic heterocycles. The monoisotopic (exact) mass is 574 g/mol. The van der Waals surface area contributed by atoms with Gasteiger partial charge in [-0.25, -0.2) is 19.6 Å². The van der Waals surface area contributed by atoms with E-state index in [9.17, 15) is 9.59 Å². The van der Waals surface area contributed by atoms with Crippen LogP contribution in [-0.4, -0.2) is 33.7 Å². The summed E-state index contributed by atoms with van der Waals surface area (Å²) in [4.78, 5) is 26.6. The van der Waals surface area contributed by atoms with Gasteiger partial charge in [0, 0.05) is 25.1 Å². The number of hydrazine groups is 1. The van der Waals surface area contributed by atoms with Crippen LogP contribution in [-0.2, 0) is 35.5 Å². The topological polar surface area (TPSA) is 49.9 Å². The van der Waals surface area contributed by atoms with Crippen LogP contribution in [0.1, 0.15) is 55.9 Å². The molecule has 0 aliphatic heterocycles. The Bertz CT molecular complexity index is 1400. The van der Waals surface area contributed by atoms with Gasteiger partial charge in [0.05, 0.1) is 6.04 Å². The number of benzene rings is 4. The second kappa shape index (κ2) is 15.7. The van der Waals surface area contributed by atoms with Gasteiger partial charge in [0.1, 0.15) is 11.5 Å². The Labute approximate surface area is 256 Å². The van der Waals surface area contributed by atoms with Gasteiger partial charge in [-0.3, -0.25) is 0 Å². The summed E-state index contributed by atoms with van der Waals surface area (Å²) >= 11 is 0. The maximum atomic E-state index is 14.2. The lowest BCUT2D eigenvalue weighted by Crippen LogP contribution is -2.54. The number of aryl methyl sites for hydroxylation is 1. The van der Waals surface area contributed by atoms with E-state index in [1.807, 2.05) is 93.6 Å². The minimum Gasteiger partial charge on any atom is -0.443 e. The molecule has 1 unspecified atom stereocenters. The van der Waals surface area contributed by atoms with E-state index in [4.69, 9.17) is 4.74 Å². The first kappa shape index (κ1) is 31.5. The Morgan fingerprint density at radius 2 is 1.14 bits per heavy atom. The van der Waals surface area contributed by atoms with Crippen LogP contribution in [0.2, 0.25) is 0 Å². The molecule has 0 radical (unpaired) electrons. The molecule has 0 heterocycles. The van der Waals surface area contributed by atoms with Crippen molar-refractivity contribution in [3.05, 3.63) is 149 Å². The van der Waals surface area contributed by atoms with Crippen molar-refractivity contribution in [2.75, 3.05) is 0 Å². The Hall–Kier alpha value is -4.44. The molecular weight excluding hydrogens is 532 g/mol. The third-order valence-electron chi connectivity index (χ3n) is 7.15. The quantitative estimate of drug-likeness (QED) is 0.119. The van der Waals surface area contributed by atoms with E-state index in [2.05, 4.69) is 59.5 Å². The van der Waals surface area contributed by atoms with E-state index in [-0.39, 0.29) is 6.04 Å². The Morgan fingerprint density at radius 1 is 0.698 bits per heavy atom. The second-order valence-electron chi connectivity index (χ2n) is 11.9. The molecule has 0 spiro atoms. The van der Waals surface area contributed by atoms with E-state index >= 15 is 0 Å². The van der Waals surface area contributed by atoms with E-state index in [1.54, 1.807) is 5.01 Å². The molecule has 1 amide bonds. The fraction of sp³-hybridized carbons (Fsp3) is 0.289. The average molecular weight is 575 g/mol. The molecule has 0 N–H and O–H groups in total. The number of amides is 1. The smallest absolute Gasteiger partial charge is 0.425 e.